The van der Waals surface area contributed by atoms with E-state index in [1.54, 1.807) is 0 Å². The molecule has 0 spiro atoms. The molecular weight excluding hydrogens is 226 g/mol. The summed E-state index contributed by atoms with van der Waals surface area (Å²) >= 11 is 0. The number of hydrogen-bond acceptors (Lipinski definition) is 4. The summed E-state index contributed by atoms with van der Waals surface area (Å²) in [5, 5.41) is 3.15. The lowest BCUT2D eigenvalue weighted by atomic mass is 10.0. The first kappa shape index (κ1) is 12.3. The van der Waals surface area contributed by atoms with Crippen LogP contribution in [0.15, 0.2) is 0 Å². The predicted octanol–water partition coefficient (Wildman–Crippen LogP) is -0.781. The standard InChI is InChI=1S/C10H21N3O2S/c1-13-4-2-10(8-13)12-16(14,15)5-3-9-6-11-7-9/h9-12H,2-8H2,1H3. The molecule has 1 atom stereocenters. The molecule has 0 saturated carbocycles. The summed E-state index contributed by atoms with van der Waals surface area (Å²) in [5.74, 6) is 0.836. The Morgan fingerprint density at radius 2 is 2.19 bits per heavy atom. The van der Waals surface area contributed by atoms with Gasteiger partial charge in [-0.15, -0.1) is 0 Å². The molecule has 1 unspecified atom stereocenters. The average molecular weight is 247 g/mol. The fourth-order valence-electron chi connectivity index (χ4n) is 2.22. The quantitative estimate of drug-likeness (QED) is 0.669. The lowest BCUT2D eigenvalue weighted by Gasteiger charge is -2.27. The summed E-state index contributed by atoms with van der Waals surface area (Å²) in [6.45, 7) is 3.77. The molecule has 0 aromatic carbocycles. The second-order valence-electron chi connectivity index (χ2n) is 5.00. The van der Waals surface area contributed by atoms with Gasteiger partial charge in [0, 0.05) is 12.6 Å². The minimum atomic E-state index is -3.06. The molecule has 2 aliphatic heterocycles. The molecule has 5 nitrogen and oxygen atoms in total. The van der Waals surface area contributed by atoms with Gasteiger partial charge in [0.1, 0.15) is 0 Å². The van der Waals surface area contributed by atoms with Gasteiger partial charge in [-0.25, -0.2) is 13.1 Å². The molecule has 0 bridgehead atoms. The maximum absolute atomic E-state index is 11.8. The second kappa shape index (κ2) is 5.00. The summed E-state index contributed by atoms with van der Waals surface area (Å²) in [6, 6.07) is 0.120. The lowest BCUT2D eigenvalue weighted by Crippen LogP contribution is -2.44. The van der Waals surface area contributed by atoms with Crippen LogP contribution in [0.25, 0.3) is 0 Å². The predicted molar refractivity (Wildman–Crippen MR) is 63.8 cm³/mol. The van der Waals surface area contributed by atoms with E-state index in [-0.39, 0.29) is 11.8 Å². The SMILES string of the molecule is CN1CCC(NS(=O)(=O)CCC2CNC2)C1. The third kappa shape index (κ3) is 3.41. The van der Waals surface area contributed by atoms with E-state index in [1.807, 2.05) is 7.05 Å². The van der Waals surface area contributed by atoms with Gasteiger partial charge < -0.3 is 10.2 Å². The van der Waals surface area contributed by atoms with Crippen LogP contribution >= 0.6 is 0 Å². The lowest BCUT2D eigenvalue weighted by molar-refractivity contribution is 0.338. The molecule has 0 aromatic rings. The first-order valence-corrected chi connectivity index (χ1v) is 7.60. The van der Waals surface area contributed by atoms with E-state index in [2.05, 4.69) is 14.9 Å². The van der Waals surface area contributed by atoms with Gasteiger partial charge in [-0.1, -0.05) is 0 Å². The average Bonchev–Trinajstić information content (AvgIpc) is 2.47. The molecule has 6 heteroatoms. The van der Waals surface area contributed by atoms with E-state index >= 15 is 0 Å². The van der Waals surface area contributed by atoms with Crippen molar-refractivity contribution in [2.24, 2.45) is 5.92 Å². The van der Waals surface area contributed by atoms with E-state index in [4.69, 9.17) is 0 Å². The fourth-order valence-corrected chi connectivity index (χ4v) is 3.68. The van der Waals surface area contributed by atoms with Crippen LogP contribution in [0.5, 0.6) is 0 Å². The fraction of sp³-hybridized carbons (Fsp3) is 1.00. The van der Waals surface area contributed by atoms with Gasteiger partial charge >= 0.3 is 0 Å². The Hall–Kier alpha value is -0.170. The molecule has 2 rings (SSSR count). The van der Waals surface area contributed by atoms with Gasteiger partial charge in [0.2, 0.25) is 10.0 Å². The van der Waals surface area contributed by atoms with Crippen molar-refractivity contribution >= 4 is 10.0 Å². The topological polar surface area (TPSA) is 61.4 Å². The van der Waals surface area contributed by atoms with Crippen molar-refractivity contribution in [3.63, 3.8) is 0 Å². The number of hydrogen-bond donors (Lipinski definition) is 2. The molecule has 94 valence electrons. The number of likely N-dealkylation sites (N-methyl/N-ethyl adjacent to an activating group) is 1. The third-order valence-electron chi connectivity index (χ3n) is 3.40. The minimum Gasteiger partial charge on any atom is -0.316 e. The van der Waals surface area contributed by atoms with Crippen molar-refractivity contribution in [1.29, 1.82) is 0 Å². The number of rotatable bonds is 5. The molecule has 2 aliphatic rings. The van der Waals surface area contributed by atoms with Crippen molar-refractivity contribution in [2.75, 3.05) is 39.0 Å². The summed E-state index contributed by atoms with van der Waals surface area (Å²) in [7, 11) is -1.04. The smallest absolute Gasteiger partial charge is 0.211 e. The number of sulfonamides is 1. The number of nitrogens with one attached hydrogen (secondary N) is 2. The molecule has 2 fully saturated rings. The zero-order chi connectivity index (χ0) is 11.6. The molecule has 0 aliphatic carbocycles. The summed E-state index contributed by atoms with van der Waals surface area (Å²) < 4.78 is 26.4. The van der Waals surface area contributed by atoms with Crippen molar-refractivity contribution in [3.8, 4) is 0 Å². The van der Waals surface area contributed by atoms with E-state index < -0.39 is 10.0 Å². The highest BCUT2D eigenvalue weighted by molar-refractivity contribution is 7.89. The van der Waals surface area contributed by atoms with Crippen LogP contribution in [0.2, 0.25) is 0 Å². The molecular formula is C10H21N3O2S. The van der Waals surface area contributed by atoms with E-state index in [0.717, 1.165) is 39.0 Å². The highest BCUT2D eigenvalue weighted by atomic mass is 32.2. The minimum absolute atomic E-state index is 0.120. The zero-order valence-electron chi connectivity index (χ0n) is 9.78. The highest BCUT2D eigenvalue weighted by Gasteiger charge is 2.25. The summed E-state index contributed by atoms with van der Waals surface area (Å²) in [5.41, 5.74) is 0. The Kier molecular flexibility index (Phi) is 3.84. The van der Waals surface area contributed by atoms with Gasteiger partial charge in [-0.05, 0) is 45.4 Å². The number of likely N-dealkylation sites (tertiary alicyclic amines) is 1. The molecule has 16 heavy (non-hydrogen) atoms. The van der Waals surface area contributed by atoms with E-state index in [0.29, 0.717) is 5.92 Å². The van der Waals surface area contributed by atoms with Crippen molar-refractivity contribution in [3.05, 3.63) is 0 Å². The van der Waals surface area contributed by atoms with Crippen LogP contribution in [-0.4, -0.2) is 58.3 Å². The van der Waals surface area contributed by atoms with Crippen molar-refractivity contribution < 1.29 is 8.42 Å². The molecule has 2 heterocycles. The van der Waals surface area contributed by atoms with Crippen LogP contribution < -0.4 is 10.0 Å². The Morgan fingerprint density at radius 3 is 2.69 bits per heavy atom. The molecule has 0 amide bonds. The van der Waals surface area contributed by atoms with Gasteiger partial charge in [-0.3, -0.25) is 0 Å². The Bertz CT molecular complexity index is 327. The first-order chi connectivity index (χ1) is 7.55. The maximum Gasteiger partial charge on any atom is 0.211 e. The normalized spacial score (nSPS) is 28.2. The van der Waals surface area contributed by atoms with E-state index in [1.165, 1.54) is 0 Å². The van der Waals surface area contributed by atoms with Crippen LogP contribution in [0.3, 0.4) is 0 Å². The Morgan fingerprint density at radius 1 is 1.44 bits per heavy atom. The van der Waals surface area contributed by atoms with Crippen LogP contribution in [0.1, 0.15) is 12.8 Å². The monoisotopic (exact) mass is 247 g/mol. The third-order valence-corrected chi connectivity index (χ3v) is 4.86. The van der Waals surface area contributed by atoms with Gasteiger partial charge in [0.05, 0.1) is 5.75 Å². The summed E-state index contributed by atoms with van der Waals surface area (Å²) in [4.78, 5) is 2.16. The van der Waals surface area contributed by atoms with Crippen LogP contribution in [0.4, 0.5) is 0 Å². The molecule has 0 radical (unpaired) electrons. The Balaban J connectivity index is 1.73. The van der Waals surface area contributed by atoms with Gasteiger partial charge in [0.15, 0.2) is 0 Å². The van der Waals surface area contributed by atoms with Gasteiger partial charge in [0.25, 0.3) is 0 Å². The first-order valence-electron chi connectivity index (χ1n) is 5.94. The Labute approximate surface area is 97.6 Å². The van der Waals surface area contributed by atoms with Crippen molar-refractivity contribution in [1.82, 2.24) is 14.9 Å². The van der Waals surface area contributed by atoms with Crippen LogP contribution in [0, 0.1) is 5.92 Å². The van der Waals surface area contributed by atoms with E-state index in [9.17, 15) is 8.42 Å². The number of nitrogens with zero attached hydrogens (tertiary/aromatic N) is 1. The zero-order valence-corrected chi connectivity index (χ0v) is 10.6. The maximum atomic E-state index is 11.8. The van der Waals surface area contributed by atoms with Crippen LogP contribution in [-0.2, 0) is 10.0 Å². The second-order valence-corrected chi connectivity index (χ2v) is 6.87. The van der Waals surface area contributed by atoms with Crippen molar-refractivity contribution in [2.45, 2.75) is 18.9 Å². The largest absolute Gasteiger partial charge is 0.316 e. The molecule has 2 saturated heterocycles. The molecule has 0 aromatic heterocycles. The van der Waals surface area contributed by atoms with Gasteiger partial charge in [-0.2, -0.15) is 0 Å². The molecule has 2 N–H and O–H groups in total. The summed E-state index contributed by atoms with van der Waals surface area (Å²) in [6.07, 6.45) is 1.71. The highest BCUT2D eigenvalue weighted by Crippen LogP contribution is 2.11.